The lowest BCUT2D eigenvalue weighted by molar-refractivity contribution is -0.122. The van der Waals surface area contributed by atoms with Crippen LogP contribution in [-0.4, -0.2) is 25.3 Å². The second-order valence-electron chi connectivity index (χ2n) is 6.20. The molecule has 1 fully saturated rings. The molecule has 1 aliphatic heterocycles. The first-order chi connectivity index (χ1) is 11.5. The minimum Gasteiger partial charge on any atom is -0.494 e. The predicted octanol–water partition coefficient (Wildman–Crippen LogP) is 3.53. The van der Waals surface area contributed by atoms with Gasteiger partial charge in [0.1, 0.15) is 17.2 Å². The van der Waals surface area contributed by atoms with Crippen LogP contribution in [0.3, 0.4) is 0 Å². The Morgan fingerprint density at radius 2 is 2.12 bits per heavy atom. The van der Waals surface area contributed by atoms with Crippen LogP contribution in [0.4, 0.5) is 8.78 Å². The van der Waals surface area contributed by atoms with Crippen LogP contribution in [0.25, 0.3) is 0 Å². The topological polar surface area (TPSA) is 44.8 Å². The van der Waals surface area contributed by atoms with E-state index in [-0.39, 0.29) is 36.2 Å². The van der Waals surface area contributed by atoms with E-state index < -0.39 is 17.2 Å². The molecule has 0 radical (unpaired) electrons. The van der Waals surface area contributed by atoms with Crippen LogP contribution in [0, 0.1) is 17.6 Å². The van der Waals surface area contributed by atoms with Crippen molar-refractivity contribution in [3.8, 4) is 5.75 Å². The first kappa shape index (κ1) is 16.9. The monoisotopic (exact) mass is 338 g/mol. The molecule has 4 nitrogen and oxygen atoms in total. The second-order valence-corrected chi connectivity index (χ2v) is 6.20. The van der Waals surface area contributed by atoms with E-state index in [0.717, 1.165) is 12.1 Å². The molecule has 0 saturated carbocycles. The van der Waals surface area contributed by atoms with Crippen LogP contribution in [-0.2, 0) is 20.7 Å². The first-order valence-electron chi connectivity index (χ1n) is 8.04. The second kappa shape index (κ2) is 6.51. The number of allylic oxidation sites excluding steroid dienone is 1. The Balaban J connectivity index is 1.82. The molecule has 0 amide bonds. The van der Waals surface area contributed by atoms with Gasteiger partial charge in [-0.3, -0.25) is 4.79 Å². The highest BCUT2D eigenvalue weighted by atomic mass is 19.1. The van der Waals surface area contributed by atoms with E-state index in [1.807, 2.05) is 6.92 Å². The predicted molar refractivity (Wildman–Crippen MR) is 82.5 cm³/mol. The molecule has 1 aromatic carbocycles. The number of fused-ring (bicyclic) bond motifs is 1. The van der Waals surface area contributed by atoms with Gasteiger partial charge in [0, 0.05) is 18.1 Å². The zero-order valence-electron chi connectivity index (χ0n) is 13.7. The number of methoxy groups -OCH3 is 1. The van der Waals surface area contributed by atoms with Crippen LogP contribution in [0.1, 0.15) is 31.7 Å². The summed E-state index contributed by atoms with van der Waals surface area (Å²) >= 11 is 0. The lowest BCUT2D eigenvalue weighted by atomic mass is 9.77. The molecule has 6 heteroatoms. The average molecular weight is 338 g/mol. The Morgan fingerprint density at radius 1 is 1.33 bits per heavy atom. The summed E-state index contributed by atoms with van der Waals surface area (Å²) in [5, 5.41) is 0. The highest BCUT2D eigenvalue weighted by Gasteiger charge is 2.47. The normalized spacial score (nSPS) is 25.9. The summed E-state index contributed by atoms with van der Waals surface area (Å²) in [6.45, 7) is 2.03. The SMILES string of the molecule is CC[C@H]1C[C@]2(CCc3cc(F)c(OC)cc3F)OCOC2=CC1=O. The minimum atomic E-state index is -0.725. The van der Waals surface area contributed by atoms with Crippen LogP contribution in [0.15, 0.2) is 24.0 Å². The van der Waals surface area contributed by atoms with Crippen LogP contribution < -0.4 is 4.74 Å². The third-order valence-corrected chi connectivity index (χ3v) is 4.86. The van der Waals surface area contributed by atoms with Gasteiger partial charge in [-0.2, -0.15) is 0 Å². The van der Waals surface area contributed by atoms with Gasteiger partial charge < -0.3 is 14.2 Å². The summed E-state index contributed by atoms with van der Waals surface area (Å²) in [5.41, 5.74) is -0.472. The molecule has 0 N–H and O–H groups in total. The first-order valence-corrected chi connectivity index (χ1v) is 8.04. The van der Waals surface area contributed by atoms with E-state index in [9.17, 15) is 13.6 Å². The molecular formula is C18H20F2O4. The maximum absolute atomic E-state index is 14.1. The average Bonchev–Trinajstić information content (AvgIpc) is 2.97. The molecular weight excluding hydrogens is 318 g/mol. The number of halogens is 2. The fraction of sp³-hybridized carbons (Fsp3) is 0.500. The van der Waals surface area contributed by atoms with E-state index in [0.29, 0.717) is 25.0 Å². The third kappa shape index (κ3) is 2.90. The van der Waals surface area contributed by atoms with Crippen molar-refractivity contribution in [3.63, 3.8) is 0 Å². The third-order valence-electron chi connectivity index (χ3n) is 4.86. The number of carbonyl (C=O) groups excluding carboxylic acids is 1. The minimum absolute atomic E-state index is 0.0373. The quantitative estimate of drug-likeness (QED) is 0.824. The van der Waals surface area contributed by atoms with Gasteiger partial charge in [-0.1, -0.05) is 6.92 Å². The van der Waals surface area contributed by atoms with Gasteiger partial charge in [-0.25, -0.2) is 8.78 Å². The van der Waals surface area contributed by atoms with Crippen molar-refractivity contribution in [1.29, 1.82) is 0 Å². The number of ketones is 1. The van der Waals surface area contributed by atoms with Gasteiger partial charge in [0.2, 0.25) is 0 Å². The van der Waals surface area contributed by atoms with Crippen molar-refractivity contribution in [2.24, 2.45) is 5.92 Å². The Kier molecular flexibility index (Phi) is 4.58. The van der Waals surface area contributed by atoms with Gasteiger partial charge in [-0.15, -0.1) is 0 Å². The molecule has 24 heavy (non-hydrogen) atoms. The molecule has 3 rings (SSSR count). The number of ether oxygens (including phenoxy) is 3. The molecule has 2 aliphatic rings. The molecule has 0 aromatic heterocycles. The fourth-order valence-corrected chi connectivity index (χ4v) is 3.38. The molecule has 2 atom stereocenters. The number of hydrogen-bond acceptors (Lipinski definition) is 4. The number of rotatable bonds is 5. The Labute approximate surface area is 139 Å². The molecule has 0 bridgehead atoms. The molecule has 0 unspecified atom stereocenters. The van der Waals surface area contributed by atoms with Crippen LogP contribution >= 0.6 is 0 Å². The van der Waals surface area contributed by atoms with Crippen molar-refractivity contribution >= 4 is 5.78 Å². The molecule has 0 spiro atoms. The molecule has 1 heterocycles. The number of carbonyl (C=O) groups is 1. The van der Waals surface area contributed by atoms with Crippen molar-refractivity contribution in [3.05, 3.63) is 41.2 Å². The highest BCUT2D eigenvalue weighted by molar-refractivity contribution is 5.93. The van der Waals surface area contributed by atoms with Crippen molar-refractivity contribution in [1.82, 2.24) is 0 Å². The van der Waals surface area contributed by atoms with E-state index >= 15 is 0 Å². The number of hydrogen-bond donors (Lipinski definition) is 0. The van der Waals surface area contributed by atoms with Crippen molar-refractivity contribution in [2.45, 2.75) is 38.2 Å². The molecule has 1 saturated heterocycles. The molecule has 1 aliphatic carbocycles. The summed E-state index contributed by atoms with van der Waals surface area (Å²) in [6, 6.07) is 2.19. The van der Waals surface area contributed by atoms with Gasteiger partial charge in [0.15, 0.2) is 24.1 Å². The smallest absolute Gasteiger partial charge is 0.189 e. The van der Waals surface area contributed by atoms with Crippen molar-refractivity contribution < 1.29 is 27.8 Å². The number of benzene rings is 1. The van der Waals surface area contributed by atoms with Crippen LogP contribution in [0.5, 0.6) is 5.75 Å². The lowest BCUT2D eigenvalue weighted by Gasteiger charge is -2.33. The fourth-order valence-electron chi connectivity index (χ4n) is 3.38. The molecule has 1 aromatic rings. The van der Waals surface area contributed by atoms with Crippen molar-refractivity contribution in [2.75, 3.05) is 13.9 Å². The lowest BCUT2D eigenvalue weighted by Crippen LogP contribution is -2.39. The largest absolute Gasteiger partial charge is 0.494 e. The van der Waals surface area contributed by atoms with E-state index in [1.54, 1.807) is 0 Å². The Bertz CT molecular complexity index is 686. The van der Waals surface area contributed by atoms with E-state index in [2.05, 4.69) is 0 Å². The van der Waals surface area contributed by atoms with Gasteiger partial charge in [0.25, 0.3) is 0 Å². The standard InChI is InChI=1S/C18H20F2O4/c1-3-11-9-18(17(8-15(11)21)23-10-24-18)5-4-12-6-14(20)16(22-2)7-13(12)19/h6-8,11H,3-5,9-10H2,1-2H3/t11-,18-/m0/s1. The Morgan fingerprint density at radius 3 is 2.83 bits per heavy atom. The zero-order chi connectivity index (χ0) is 17.3. The van der Waals surface area contributed by atoms with E-state index in [1.165, 1.54) is 13.2 Å². The van der Waals surface area contributed by atoms with Crippen LogP contribution in [0.2, 0.25) is 0 Å². The Hall–Kier alpha value is -1.95. The van der Waals surface area contributed by atoms with E-state index in [4.69, 9.17) is 14.2 Å². The number of aryl methyl sites for hydroxylation is 1. The summed E-state index contributed by atoms with van der Waals surface area (Å²) in [4.78, 5) is 12.0. The summed E-state index contributed by atoms with van der Waals surface area (Å²) in [6.07, 6.45) is 3.41. The summed E-state index contributed by atoms with van der Waals surface area (Å²) in [7, 11) is 1.29. The molecule has 130 valence electrons. The summed E-state index contributed by atoms with van der Waals surface area (Å²) in [5.74, 6) is -0.830. The van der Waals surface area contributed by atoms with Gasteiger partial charge >= 0.3 is 0 Å². The van der Waals surface area contributed by atoms with Gasteiger partial charge in [0.05, 0.1) is 7.11 Å². The zero-order valence-corrected chi connectivity index (χ0v) is 13.7. The maximum Gasteiger partial charge on any atom is 0.189 e. The van der Waals surface area contributed by atoms with Gasteiger partial charge in [-0.05, 0) is 37.3 Å². The maximum atomic E-state index is 14.1. The highest BCUT2D eigenvalue weighted by Crippen LogP contribution is 2.43. The summed E-state index contributed by atoms with van der Waals surface area (Å²) < 4.78 is 43.9.